The van der Waals surface area contributed by atoms with E-state index in [1.54, 1.807) is 36.4 Å². The third kappa shape index (κ3) is 6.04. The van der Waals surface area contributed by atoms with Crippen LogP contribution in [-0.2, 0) is 0 Å². The Hall–Kier alpha value is -2.04. The lowest BCUT2D eigenvalue weighted by Gasteiger charge is -2.10. The molecule has 0 unspecified atom stereocenters. The number of nitrogens with one attached hydrogen (secondary N) is 1. The lowest BCUT2D eigenvalue weighted by molar-refractivity contribution is 0.0951. The first kappa shape index (κ1) is 20.3. The van der Waals surface area contributed by atoms with Gasteiger partial charge in [0.15, 0.2) is 0 Å². The molecule has 0 bridgehead atoms. The van der Waals surface area contributed by atoms with Gasteiger partial charge in [-0.2, -0.15) is 5.10 Å². The summed E-state index contributed by atoms with van der Waals surface area (Å²) < 4.78 is 5.75. The zero-order valence-corrected chi connectivity index (χ0v) is 16.2. The summed E-state index contributed by atoms with van der Waals surface area (Å²) in [7, 11) is 0. The zero-order chi connectivity index (χ0) is 18.8. The summed E-state index contributed by atoms with van der Waals surface area (Å²) in [6.07, 6.45) is 5.87. The van der Waals surface area contributed by atoms with Gasteiger partial charge in [0.25, 0.3) is 5.91 Å². The van der Waals surface area contributed by atoms with Gasteiger partial charge < -0.3 is 4.74 Å². The molecule has 0 aliphatic rings. The van der Waals surface area contributed by atoms with E-state index in [1.165, 1.54) is 19.1 Å². The van der Waals surface area contributed by atoms with Crippen LogP contribution in [-0.4, -0.2) is 18.7 Å². The fraction of sp³-hybridized carbons (Fsp3) is 0.300. The van der Waals surface area contributed by atoms with E-state index >= 15 is 0 Å². The highest BCUT2D eigenvalue weighted by Crippen LogP contribution is 2.22. The van der Waals surface area contributed by atoms with Gasteiger partial charge in [-0.05, 0) is 30.7 Å². The van der Waals surface area contributed by atoms with Crippen molar-refractivity contribution in [2.24, 2.45) is 5.10 Å². The summed E-state index contributed by atoms with van der Waals surface area (Å²) in [5.41, 5.74) is 3.47. The molecule has 0 fully saturated rings. The monoisotopic (exact) mass is 392 g/mol. The summed E-state index contributed by atoms with van der Waals surface area (Å²) in [6.45, 7) is 2.75. The standard InChI is InChI=1S/C20H22Cl2N2O2/c1-2-3-4-7-13-26-19-12-6-5-9-15(19)20(25)24-23-14-16-17(21)10-8-11-18(16)22/h5-6,8-12,14H,2-4,7,13H2,1H3,(H,24,25)/b23-14+. The molecule has 0 radical (unpaired) electrons. The maximum atomic E-state index is 12.4. The van der Waals surface area contributed by atoms with Crippen LogP contribution in [0.3, 0.4) is 0 Å². The summed E-state index contributed by atoms with van der Waals surface area (Å²) in [5.74, 6) is 0.195. The molecule has 138 valence electrons. The Morgan fingerprint density at radius 2 is 1.81 bits per heavy atom. The second-order valence-corrected chi connectivity index (χ2v) is 6.55. The molecule has 0 atom stereocenters. The van der Waals surface area contributed by atoms with Gasteiger partial charge >= 0.3 is 0 Å². The third-order valence-electron chi connectivity index (χ3n) is 3.75. The fourth-order valence-corrected chi connectivity index (χ4v) is 2.84. The highest BCUT2D eigenvalue weighted by atomic mass is 35.5. The molecule has 0 spiro atoms. The van der Waals surface area contributed by atoms with Gasteiger partial charge in [-0.25, -0.2) is 5.43 Å². The lowest BCUT2D eigenvalue weighted by Crippen LogP contribution is -2.19. The Labute approximate surface area is 164 Å². The van der Waals surface area contributed by atoms with E-state index in [2.05, 4.69) is 17.5 Å². The van der Waals surface area contributed by atoms with Gasteiger partial charge in [0.05, 0.1) is 28.4 Å². The molecule has 26 heavy (non-hydrogen) atoms. The molecule has 1 N–H and O–H groups in total. The van der Waals surface area contributed by atoms with Crippen LogP contribution in [0.5, 0.6) is 5.75 Å². The number of rotatable bonds is 9. The van der Waals surface area contributed by atoms with E-state index < -0.39 is 0 Å². The van der Waals surface area contributed by atoms with Crippen molar-refractivity contribution in [1.29, 1.82) is 0 Å². The van der Waals surface area contributed by atoms with Crippen molar-refractivity contribution in [2.75, 3.05) is 6.61 Å². The number of carbonyl (C=O) groups is 1. The van der Waals surface area contributed by atoms with Gasteiger partial charge in [0, 0.05) is 5.56 Å². The lowest BCUT2D eigenvalue weighted by atomic mass is 10.2. The number of unbranched alkanes of at least 4 members (excludes halogenated alkanes) is 3. The topological polar surface area (TPSA) is 50.7 Å². The number of nitrogens with zero attached hydrogens (tertiary/aromatic N) is 1. The predicted octanol–water partition coefficient (Wildman–Crippen LogP) is 5.72. The van der Waals surface area contributed by atoms with E-state index in [4.69, 9.17) is 27.9 Å². The largest absolute Gasteiger partial charge is 0.493 e. The van der Waals surface area contributed by atoms with Crippen molar-refractivity contribution < 1.29 is 9.53 Å². The molecule has 4 nitrogen and oxygen atoms in total. The molecular formula is C20H22Cl2N2O2. The van der Waals surface area contributed by atoms with Crippen molar-refractivity contribution in [1.82, 2.24) is 5.43 Å². The highest BCUT2D eigenvalue weighted by molar-refractivity contribution is 6.38. The van der Waals surface area contributed by atoms with E-state index in [1.807, 2.05) is 6.07 Å². The SMILES string of the molecule is CCCCCCOc1ccccc1C(=O)N/N=C/c1c(Cl)cccc1Cl. The molecule has 0 saturated heterocycles. The molecule has 0 saturated carbocycles. The number of amides is 1. The number of carbonyl (C=O) groups excluding carboxylic acids is 1. The quantitative estimate of drug-likeness (QED) is 0.337. The van der Waals surface area contributed by atoms with Crippen LogP contribution in [0.2, 0.25) is 10.0 Å². The first-order chi connectivity index (χ1) is 12.6. The van der Waals surface area contributed by atoms with Gasteiger partial charge in [-0.1, -0.05) is 67.6 Å². The van der Waals surface area contributed by atoms with E-state index in [0.29, 0.717) is 33.5 Å². The summed E-state index contributed by atoms with van der Waals surface area (Å²) in [5, 5.41) is 4.88. The minimum Gasteiger partial charge on any atom is -0.493 e. The number of hydrogen-bond acceptors (Lipinski definition) is 3. The van der Waals surface area contributed by atoms with E-state index in [0.717, 1.165) is 12.8 Å². The first-order valence-electron chi connectivity index (χ1n) is 8.62. The number of hydrogen-bond donors (Lipinski definition) is 1. The smallest absolute Gasteiger partial charge is 0.275 e. The van der Waals surface area contributed by atoms with Crippen molar-refractivity contribution in [2.45, 2.75) is 32.6 Å². The van der Waals surface area contributed by atoms with Crippen LogP contribution in [0.15, 0.2) is 47.6 Å². The zero-order valence-electron chi connectivity index (χ0n) is 14.7. The Morgan fingerprint density at radius 1 is 1.08 bits per heavy atom. The normalized spacial score (nSPS) is 10.9. The Balaban J connectivity index is 1.98. The van der Waals surface area contributed by atoms with Crippen LogP contribution in [0.1, 0.15) is 48.5 Å². The fourth-order valence-electron chi connectivity index (χ4n) is 2.34. The van der Waals surface area contributed by atoms with E-state index in [9.17, 15) is 4.79 Å². The number of para-hydroxylation sites is 1. The summed E-state index contributed by atoms with van der Waals surface area (Å²) >= 11 is 12.1. The molecular weight excluding hydrogens is 371 g/mol. The molecule has 1 amide bonds. The van der Waals surface area contributed by atoms with Gasteiger partial charge in [0.2, 0.25) is 0 Å². The average Bonchev–Trinajstić information content (AvgIpc) is 2.64. The predicted molar refractivity (Wildman–Crippen MR) is 108 cm³/mol. The first-order valence-corrected chi connectivity index (χ1v) is 9.38. The molecule has 0 aromatic heterocycles. The van der Waals surface area contributed by atoms with Crippen LogP contribution < -0.4 is 10.2 Å². The number of halogens is 2. The molecule has 0 aliphatic heterocycles. The van der Waals surface area contributed by atoms with E-state index in [-0.39, 0.29) is 5.91 Å². The minimum atomic E-state index is -0.353. The van der Waals surface area contributed by atoms with Crippen LogP contribution in [0.4, 0.5) is 0 Å². The molecule has 2 aromatic rings. The maximum Gasteiger partial charge on any atom is 0.275 e. The molecule has 2 aromatic carbocycles. The molecule has 0 heterocycles. The minimum absolute atomic E-state index is 0.353. The Kier molecular flexibility index (Phi) is 8.45. The summed E-state index contributed by atoms with van der Waals surface area (Å²) in [4.78, 5) is 12.4. The Morgan fingerprint density at radius 3 is 2.54 bits per heavy atom. The van der Waals surface area contributed by atoms with Crippen molar-refractivity contribution in [3.63, 3.8) is 0 Å². The second kappa shape index (κ2) is 10.8. The average molecular weight is 393 g/mol. The van der Waals surface area contributed by atoms with Gasteiger partial charge in [0.1, 0.15) is 5.75 Å². The number of hydrazone groups is 1. The molecule has 0 aliphatic carbocycles. The maximum absolute atomic E-state index is 12.4. The highest BCUT2D eigenvalue weighted by Gasteiger charge is 2.11. The van der Waals surface area contributed by atoms with Crippen molar-refractivity contribution in [3.8, 4) is 5.75 Å². The Bertz CT molecular complexity index is 743. The van der Waals surface area contributed by atoms with Crippen molar-refractivity contribution >= 4 is 35.3 Å². The molecule has 2 rings (SSSR count). The van der Waals surface area contributed by atoms with Gasteiger partial charge in [-0.3, -0.25) is 4.79 Å². The molecule has 6 heteroatoms. The number of ether oxygens (including phenoxy) is 1. The third-order valence-corrected chi connectivity index (χ3v) is 4.41. The van der Waals surface area contributed by atoms with Crippen LogP contribution >= 0.6 is 23.2 Å². The van der Waals surface area contributed by atoms with Crippen LogP contribution in [0, 0.1) is 0 Å². The van der Waals surface area contributed by atoms with Crippen molar-refractivity contribution in [3.05, 3.63) is 63.6 Å². The number of benzene rings is 2. The van der Waals surface area contributed by atoms with Gasteiger partial charge in [-0.15, -0.1) is 0 Å². The van der Waals surface area contributed by atoms with Crippen LogP contribution in [0.25, 0.3) is 0 Å². The summed E-state index contributed by atoms with van der Waals surface area (Å²) in [6, 6.07) is 12.3. The second-order valence-electron chi connectivity index (χ2n) is 5.74.